The number of amides is 1. The fourth-order valence-corrected chi connectivity index (χ4v) is 1.77. The first-order chi connectivity index (χ1) is 8.99. The van der Waals surface area contributed by atoms with Crippen LogP contribution in [0.5, 0.6) is 0 Å². The molecule has 0 aliphatic rings. The van der Waals surface area contributed by atoms with Crippen LogP contribution in [0.4, 0.5) is 0 Å². The van der Waals surface area contributed by atoms with E-state index in [0.717, 1.165) is 5.56 Å². The molecule has 0 saturated carbocycles. The van der Waals surface area contributed by atoms with Gasteiger partial charge in [0.05, 0.1) is 13.0 Å². The highest BCUT2D eigenvalue weighted by molar-refractivity contribution is 5.94. The zero-order valence-electron chi connectivity index (χ0n) is 12.0. The molecule has 0 aliphatic heterocycles. The van der Waals surface area contributed by atoms with Crippen molar-refractivity contribution in [3.05, 3.63) is 35.4 Å². The van der Waals surface area contributed by atoms with Gasteiger partial charge in [-0.05, 0) is 17.7 Å². The van der Waals surface area contributed by atoms with Gasteiger partial charge in [0.25, 0.3) is 5.91 Å². The first-order valence-electron chi connectivity index (χ1n) is 6.12. The number of nitrogens with zero attached hydrogens (tertiary/aromatic N) is 1. The van der Waals surface area contributed by atoms with E-state index in [1.807, 2.05) is 12.1 Å². The van der Waals surface area contributed by atoms with E-state index in [0.29, 0.717) is 18.7 Å². The minimum absolute atomic E-state index is 0. The van der Waals surface area contributed by atoms with Gasteiger partial charge in [-0.15, -0.1) is 12.4 Å². The smallest absolute Gasteiger partial charge is 0.310 e. The second-order valence-corrected chi connectivity index (χ2v) is 4.51. The van der Waals surface area contributed by atoms with Gasteiger partial charge in [-0.3, -0.25) is 9.59 Å². The maximum atomic E-state index is 12.1. The van der Waals surface area contributed by atoms with Crippen LogP contribution in [-0.2, 0) is 16.1 Å². The Labute approximate surface area is 125 Å². The van der Waals surface area contributed by atoms with Crippen molar-refractivity contribution in [1.29, 1.82) is 0 Å². The van der Waals surface area contributed by atoms with Crippen LogP contribution in [0.1, 0.15) is 22.8 Å². The number of ether oxygens (including phenoxy) is 1. The van der Waals surface area contributed by atoms with Crippen LogP contribution in [0.15, 0.2) is 24.3 Å². The monoisotopic (exact) mass is 300 g/mol. The minimum atomic E-state index is -0.345. The number of carbonyl (C=O) groups is 2. The molecule has 1 aromatic carbocycles. The molecular weight excluding hydrogens is 280 g/mol. The average Bonchev–Trinajstić information content (AvgIpc) is 2.45. The maximum absolute atomic E-state index is 12.1. The number of methoxy groups -OCH3 is 1. The Balaban J connectivity index is 0.00000361. The fourth-order valence-electron chi connectivity index (χ4n) is 1.77. The van der Waals surface area contributed by atoms with Crippen molar-refractivity contribution in [2.24, 2.45) is 11.7 Å². The molecule has 5 nitrogen and oxygen atoms in total. The Bertz CT molecular complexity index is 448. The topological polar surface area (TPSA) is 72.6 Å². The lowest BCUT2D eigenvalue weighted by Gasteiger charge is -2.20. The summed E-state index contributed by atoms with van der Waals surface area (Å²) in [5, 5.41) is 0. The lowest BCUT2D eigenvalue weighted by molar-refractivity contribution is -0.145. The highest BCUT2D eigenvalue weighted by Gasteiger charge is 2.19. The normalized spacial score (nSPS) is 11.2. The number of hydrogen-bond donors (Lipinski definition) is 1. The van der Waals surface area contributed by atoms with Gasteiger partial charge in [0, 0.05) is 25.7 Å². The largest absolute Gasteiger partial charge is 0.469 e. The zero-order chi connectivity index (χ0) is 14.4. The second kappa shape index (κ2) is 8.55. The highest BCUT2D eigenvalue weighted by atomic mass is 35.5. The third-order valence-corrected chi connectivity index (χ3v) is 2.93. The first kappa shape index (κ1) is 18.4. The van der Waals surface area contributed by atoms with E-state index >= 15 is 0 Å². The number of esters is 1. The molecule has 0 radical (unpaired) electrons. The molecule has 1 rings (SSSR count). The second-order valence-electron chi connectivity index (χ2n) is 4.51. The minimum Gasteiger partial charge on any atom is -0.469 e. The molecule has 112 valence electrons. The zero-order valence-corrected chi connectivity index (χ0v) is 12.8. The van der Waals surface area contributed by atoms with Crippen LogP contribution in [-0.4, -0.2) is 37.5 Å². The molecule has 1 amide bonds. The van der Waals surface area contributed by atoms with Crippen molar-refractivity contribution < 1.29 is 14.3 Å². The Kier molecular flexibility index (Phi) is 7.87. The van der Waals surface area contributed by atoms with Crippen molar-refractivity contribution in [2.45, 2.75) is 13.5 Å². The number of halogens is 1. The Morgan fingerprint density at radius 1 is 1.30 bits per heavy atom. The van der Waals surface area contributed by atoms with E-state index in [1.54, 1.807) is 26.1 Å². The van der Waals surface area contributed by atoms with Crippen molar-refractivity contribution in [1.82, 2.24) is 4.90 Å². The summed E-state index contributed by atoms with van der Waals surface area (Å²) >= 11 is 0. The lowest BCUT2D eigenvalue weighted by Crippen LogP contribution is -2.34. The average molecular weight is 301 g/mol. The molecule has 0 bridgehead atoms. The molecule has 1 aromatic rings. The summed E-state index contributed by atoms with van der Waals surface area (Å²) in [6.07, 6.45) is 0. The van der Waals surface area contributed by atoms with Crippen LogP contribution < -0.4 is 5.73 Å². The predicted octanol–water partition coefficient (Wildman–Crippen LogP) is 1.45. The van der Waals surface area contributed by atoms with Crippen LogP contribution in [0.3, 0.4) is 0 Å². The molecular formula is C14H21ClN2O3. The van der Waals surface area contributed by atoms with Crippen LogP contribution >= 0.6 is 12.4 Å². The maximum Gasteiger partial charge on any atom is 0.310 e. The fraction of sp³-hybridized carbons (Fsp3) is 0.429. The summed E-state index contributed by atoms with van der Waals surface area (Å²) in [5.41, 5.74) is 7.06. The number of rotatable bonds is 5. The quantitative estimate of drug-likeness (QED) is 0.835. The molecule has 20 heavy (non-hydrogen) atoms. The van der Waals surface area contributed by atoms with E-state index in [9.17, 15) is 9.59 Å². The summed E-state index contributed by atoms with van der Waals surface area (Å²) in [6.45, 7) is 2.50. The van der Waals surface area contributed by atoms with Gasteiger partial charge in [-0.1, -0.05) is 19.1 Å². The molecule has 6 heteroatoms. The number of hydrogen-bond acceptors (Lipinski definition) is 4. The Morgan fingerprint density at radius 3 is 2.30 bits per heavy atom. The number of benzene rings is 1. The third kappa shape index (κ3) is 4.83. The van der Waals surface area contributed by atoms with Gasteiger partial charge in [0.2, 0.25) is 0 Å². The molecule has 0 aliphatic carbocycles. The molecule has 0 aromatic heterocycles. The lowest BCUT2D eigenvalue weighted by atomic mass is 10.1. The number of nitrogens with two attached hydrogens (primary N) is 1. The summed E-state index contributed by atoms with van der Waals surface area (Å²) in [5.74, 6) is -0.792. The van der Waals surface area contributed by atoms with E-state index < -0.39 is 0 Å². The van der Waals surface area contributed by atoms with Gasteiger partial charge in [0.15, 0.2) is 0 Å². The molecule has 0 saturated heterocycles. The standard InChI is InChI=1S/C14H20N2O3.ClH/c1-10(14(18)19-3)9-16(2)13(17)12-6-4-11(8-15)5-7-12;/h4-7,10H,8-9,15H2,1-3H3;1H. The summed E-state index contributed by atoms with van der Waals surface area (Å²) in [7, 11) is 3.00. The molecule has 2 N–H and O–H groups in total. The van der Waals surface area contributed by atoms with Crippen molar-refractivity contribution in [3.8, 4) is 0 Å². The van der Waals surface area contributed by atoms with E-state index in [1.165, 1.54) is 12.0 Å². The van der Waals surface area contributed by atoms with Gasteiger partial charge in [0.1, 0.15) is 0 Å². The van der Waals surface area contributed by atoms with Gasteiger partial charge >= 0.3 is 5.97 Å². The number of carbonyl (C=O) groups excluding carboxylic acids is 2. The summed E-state index contributed by atoms with van der Waals surface area (Å²) < 4.78 is 4.64. The van der Waals surface area contributed by atoms with Crippen molar-refractivity contribution >= 4 is 24.3 Å². The van der Waals surface area contributed by atoms with Crippen LogP contribution in [0.25, 0.3) is 0 Å². The Hall–Kier alpha value is -1.59. The molecule has 1 unspecified atom stereocenters. The molecule has 1 atom stereocenters. The van der Waals surface area contributed by atoms with Crippen LogP contribution in [0.2, 0.25) is 0 Å². The van der Waals surface area contributed by atoms with Crippen LogP contribution in [0, 0.1) is 5.92 Å². The highest BCUT2D eigenvalue weighted by Crippen LogP contribution is 2.09. The molecule has 0 spiro atoms. The molecule has 0 fully saturated rings. The summed E-state index contributed by atoms with van der Waals surface area (Å²) in [6, 6.07) is 7.13. The van der Waals surface area contributed by atoms with Gasteiger partial charge < -0.3 is 15.4 Å². The van der Waals surface area contributed by atoms with E-state index in [2.05, 4.69) is 4.74 Å². The predicted molar refractivity (Wildman–Crippen MR) is 79.7 cm³/mol. The van der Waals surface area contributed by atoms with Gasteiger partial charge in [-0.2, -0.15) is 0 Å². The summed E-state index contributed by atoms with van der Waals surface area (Å²) in [4.78, 5) is 25.0. The van der Waals surface area contributed by atoms with E-state index in [4.69, 9.17) is 5.73 Å². The van der Waals surface area contributed by atoms with Crippen molar-refractivity contribution in [3.63, 3.8) is 0 Å². The van der Waals surface area contributed by atoms with Crippen molar-refractivity contribution in [2.75, 3.05) is 20.7 Å². The first-order valence-corrected chi connectivity index (χ1v) is 6.12. The van der Waals surface area contributed by atoms with Gasteiger partial charge in [-0.25, -0.2) is 0 Å². The van der Waals surface area contributed by atoms with E-state index in [-0.39, 0.29) is 30.2 Å². The SMILES string of the molecule is COC(=O)C(C)CN(C)C(=O)c1ccc(CN)cc1.Cl. The Morgan fingerprint density at radius 2 is 1.85 bits per heavy atom. The molecule has 0 heterocycles. The third-order valence-electron chi connectivity index (χ3n) is 2.93.